The fourth-order valence-corrected chi connectivity index (χ4v) is 3.17. The molecule has 0 aromatic heterocycles. The van der Waals surface area contributed by atoms with Gasteiger partial charge in [-0.3, -0.25) is 0 Å². The Kier molecular flexibility index (Phi) is 2.68. The zero-order chi connectivity index (χ0) is 13.5. The molecule has 0 spiro atoms. The monoisotopic (exact) mass is 274 g/mol. The number of hydrogen-bond donors (Lipinski definition) is 1. The van der Waals surface area contributed by atoms with Crippen molar-refractivity contribution in [3.8, 4) is 0 Å². The topological polar surface area (TPSA) is 0 Å². The van der Waals surface area contributed by atoms with Crippen molar-refractivity contribution in [3.05, 3.63) is 72.3 Å². The molecule has 0 atom stereocenters. The largest absolute Gasteiger partial charge is 0.175 e. The molecule has 0 heterocycles. The average Bonchev–Trinajstić information content (AvgIpc) is 2.53. The number of hydrogen-bond acceptors (Lipinski definition) is 1. The highest BCUT2D eigenvalue weighted by Crippen LogP contribution is 2.31. The Morgan fingerprint density at radius 2 is 1.25 bits per heavy atom. The van der Waals surface area contributed by atoms with E-state index < -0.39 is 0 Å². The van der Waals surface area contributed by atoms with Crippen LogP contribution in [0.1, 0.15) is 5.56 Å². The van der Waals surface area contributed by atoms with Crippen LogP contribution >= 0.6 is 12.6 Å². The Hall–Kier alpha value is -1.99. The van der Waals surface area contributed by atoms with Gasteiger partial charge in [0.2, 0.25) is 0 Å². The van der Waals surface area contributed by atoms with Crippen LogP contribution in [0.4, 0.5) is 0 Å². The quantitative estimate of drug-likeness (QED) is 0.340. The van der Waals surface area contributed by atoms with Crippen LogP contribution in [0.15, 0.2) is 66.7 Å². The molecule has 0 radical (unpaired) electrons. The first-order valence-electron chi connectivity index (χ1n) is 6.81. The number of benzene rings is 4. The van der Waals surface area contributed by atoms with Crippen LogP contribution in [0.2, 0.25) is 0 Å². The SMILES string of the molecule is SCc1ccc2c(ccc3c4ccccc4ccc23)c1. The molecule has 4 aromatic rings. The molecular formula is C19H14S. The molecular weight excluding hydrogens is 260 g/mol. The second-order valence-corrected chi connectivity index (χ2v) is 5.48. The maximum atomic E-state index is 4.36. The first-order valence-corrected chi connectivity index (χ1v) is 7.44. The van der Waals surface area contributed by atoms with Crippen molar-refractivity contribution in [2.45, 2.75) is 5.75 Å². The minimum atomic E-state index is 0.783. The summed E-state index contributed by atoms with van der Waals surface area (Å²) in [5.41, 5.74) is 1.26. The second kappa shape index (κ2) is 4.53. The summed E-state index contributed by atoms with van der Waals surface area (Å²) >= 11 is 4.36. The van der Waals surface area contributed by atoms with Gasteiger partial charge < -0.3 is 0 Å². The summed E-state index contributed by atoms with van der Waals surface area (Å²) in [6.07, 6.45) is 0. The van der Waals surface area contributed by atoms with Crippen LogP contribution < -0.4 is 0 Å². The summed E-state index contributed by atoms with van der Waals surface area (Å²) < 4.78 is 0. The summed E-state index contributed by atoms with van der Waals surface area (Å²) in [6.45, 7) is 0. The summed E-state index contributed by atoms with van der Waals surface area (Å²) in [5.74, 6) is 0.783. The van der Waals surface area contributed by atoms with Crippen LogP contribution in [-0.4, -0.2) is 0 Å². The van der Waals surface area contributed by atoms with Crippen molar-refractivity contribution in [1.29, 1.82) is 0 Å². The molecule has 0 N–H and O–H groups in total. The Labute approximate surface area is 123 Å². The van der Waals surface area contributed by atoms with Crippen LogP contribution in [0, 0.1) is 0 Å². The van der Waals surface area contributed by atoms with E-state index in [2.05, 4.69) is 79.4 Å². The highest BCUT2D eigenvalue weighted by atomic mass is 32.1. The number of fused-ring (bicyclic) bond motifs is 5. The Bertz CT molecular complexity index is 938. The molecule has 4 aromatic carbocycles. The number of thiol groups is 1. The maximum absolute atomic E-state index is 4.36. The van der Waals surface area contributed by atoms with E-state index in [0.717, 1.165) is 5.75 Å². The number of rotatable bonds is 1. The van der Waals surface area contributed by atoms with Gasteiger partial charge in [-0.2, -0.15) is 12.6 Å². The van der Waals surface area contributed by atoms with E-state index in [-0.39, 0.29) is 0 Å². The minimum Gasteiger partial charge on any atom is -0.175 e. The summed E-state index contributed by atoms with van der Waals surface area (Å²) in [7, 11) is 0. The van der Waals surface area contributed by atoms with Gasteiger partial charge >= 0.3 is 0 Å². The van der Waals surface area contributed by atoms with Gasteiger partial charge in [-0.1, -0.05) is 66.7 Å². The predicted molar refractivity (Wildman–Crippen MR) is 91.7 cm³/mol. The summed E-state index contributed by atoms with van der Waals surface area (Å²) in [4.78, 5) is 0. The van der Waals surface area contributed by atoms with Crippen molar-refractivity contribution in [2.24, 2.45) is 0 Å². The normalized spacial score (nSPS) is 11.4. The zero-order valence-corrected chi connectivity index (χ0v) is 11.9. The standard InChI is InChI=1S/C19H14S/c20-12-13-5-8-17-15(11-13)7-10-18-16-4-2-1-3-14(16)6-9-19(17)18/h1-11,20H,12H2. The van der Waals surface area contributed by atoms with E-state index in [0.29, 0.717) is 0 Å². The van der Waals surface area contributed by atoms with E-state index in [1.165, 1.54) is 37.9 Å². The van der Waals surface area contributed by atoms with Crippen LogP contribution in [-0.2, 0) is 5.75 Å². The van der Waals surface area contributed by atoms with Gasteiger partial charge in [0.1, 0.15) is 0 Å². The van der Waals surface area contributed by atoms with E-state index >= 15 is 0 Å². The van der Waals surface area contributed by atoms with E-state index in [4.69, 9.17) is 0 Å². The first-order chi connectivity index (χ1) is 9.86. The molecule has 0 nitrogen and oxygen atoms in total. The molecule has 0 amide bonds. The molecule has 0 aliphatic carbocycles. The summed E-state index contributed by atoms with van der Waals surface area (Å²) in [6, 6.07) is 24.1. The molecule has 0 aliphatic rings. The van der Waals surface area contributed by atoms with Gasteiger partial charge in [0, 0.05) is 5.75 Å². The highest BCUT2D eigenvalue weighted by molar-refractivity contribution is 7.79. The average molecular weight is 274 g/mol. The lowest BCUT2D eigenvalue weighted by Gasteiger charge is -2.08. The Morgan fingerprint density at radius 3 is 2.05 bits per heavy atom. The van der Waals surface area contributed by atoms with Crippen molar-refractivity contribution in [3.63, 3.8) is 0 Å². The van der Waals surface area contributed by atoms with Gasteiger partial charge in [0.25, 0.3) is 0 Å². The fourth-order valence-electron chi connectivity index (χ4n) is 2.98. The molecule has 20 heavy (non-hydrogen) atoms. The van der Waals surface area contributed by atoms with Crippen LogP contribution in [0.5, 0.6) is 0 Å². The zero-order valence-electron chi connectivity index (χ0n) is 11.0. The van der Waals surface area contributed by atoms with Gasteiger partial charge in [-0.05, 0) is 37.9 Å². The predicted octanol–water partition coefficient (Wildman–Crippen LogP) is 5.58. The third-order valence-electron chi connectivity index (χ3n) is 3.99. The molecule has 0 aliphatic heterocycles. The molecule has 0 saturated carbocycles. The van der Waals surface area contributed by atoms with E-state index in [1.807, 2.05) is 0 Å². The van der Waals surface area contributed by atoms with E-state index in [1.54, 1.807) is 0 Å². The Morgan fingerprint density at radius 1 is 0.600 bits per heavy atom. The molecule has 0 bridgehead atoms. The van der Waals surface area contributed by atoms with Gasteiger partial charge in [-0.15, -0.1) is 0 Å². The second-order valence-electron chi connectivity index (χ2n) is 5.16. The first kappa shape index (κ1) is 11.8. The van der Waals surface area contributed by atoms with Gasteiger partial charge in [0.05, 0.1) is 0 Å². The lowest BCUT2D eigenvalue weighted by Crippen LogP contribution is -1.83. The molecule has 1 heteroatoms. The van der Waals surface area contributed by atoms with Crippen molar-refractivity contribution in [2.75, 3.05) is 0 Å². The minimum absolute atomic E-state index is 0.783. The molecule has 0 unspecified atom stereocenters. The van der Waals surface area contributed by atoms with Crippen LogP contribution in [0.3, 0.4) is 0 Å². The fraction of sp³-hybridized carbons (Fsp3) is 0.0526. The Balaban J connectivity index is 2.17. The highest BCUT2D eigenvalue weighted by Gasteiger charge is 2.04. The van der Waals surface area contributed by atoms with Crippen molar-refractivity contribution < 1.29 is 0 Å². The summed E-state index contributed by atoms with van der Waals surface area (Å²) in [5, 5.41) is 7.88. The van der Waals surface area contributed by atoms with E-state index in [9.17, 15) is 0 Å². The van der Waals surface area contributed by atoms with Crippen LogP contribution in [0.25, 0.3) is 32.3 Å². The maximum Gasteiger partial charge on any atom is 0.0154 e. The lowest BCUT2D eigenvalue weighted by molar-refractivity contribution is 1.46. The molecule has 96 valence electrons. The van der Waals surface area contributed by atoms with Crippen molar-refractivity contribution >= 4 is 44.9 Å². The smallest absolute Gasteiger partial charge is 0.0154 e. The third-order valence-corrected chi connectivity index (χ3v) is 4.35. The molecule has 4 rings (SSSR count). The molecule has 0 saturated heterocycles. The third kappa shape index (κ3) is 1.70. The van der Waals surface area contributed by atoms with Crippen molar-refractivity contribution in [1.82, 2.24) is 0 Å². The molecule has 0 fully saturated rings. The lowest BCUT2D eigenvalue weighted by atomic mass is 9.96. The van der Waals surface area contributed by atoms with Gasteiger partial charge in [0.15, 0.2) is 0 Å². The van der Waals surface area contributed by atoms with Gasteiger partial charge in [-0.25, -0.2) is 0 Å².